The number of hydrogen-bond acceptors (Lipinski definition) is 2. The number of carboxylic acid groups (broad SMARTS) is 1. The highest BCUT2D eigenvalue weighted by atomic mass is 16.4. The Kier molecular flexibility index (Phi) is 4.21. The quantitative estimate of drug-likeness (QED) is 0.869. The van der Waals surface area contributed by atoms with E-state index in [1.54, 1.807) is 23.2 Å². The SMILES string of the molecule is CC(C)(C)C1=CCN(C(=O)c2cccn2CC(=O)O)CC1. The molecule has 0 bridgehead atoms. The maximum atomic E-state index is 12.5. The molecule has 5 nitrogen and oxygen atoms in total. The Morgan fingerprint density at radius 3 is 2.57 bits per heavy atom. The highest BCUT2D eigenvalue weighted by Crippen LogP contribution is 2.30. The number of nitrogens with zero attached hydrogens (tertiary/aromatic N) is 2. The van der Waals surface area contributed by atoms with Gasteiger partial charge in [-0.2, -0.15) is 0 Å². The first-order valence-corrected chi connectivity index (χ1v) is 7.15. The molecule has 0 saturated carbocycles. The lowest BCUT2D eigenvalue weighted by Crippen LogP contribution is -2.37. The first-order valence-electron chi connectivity index (χ1n) is 7.15. The minimum Gasteiger partial charge on any atom is -0.480 e. The number of aliphatic carboxylic acids is 1. The van der Waals surface area contributed by atoms with Crippen LogP contribution in [-0.4, -0.2) is 39.5 Å². The summed E-state index contributed by atoms with van der Waals surface area (Å²) in [6.07, 6.45) is 4.61. The Labute approximate surface area is 124 Å². The van der Waals surface area contributed by atoms with Crippen LogP contribution in [0.1, 0.15) is 37.7 Å². The van der Waals surface area contributed by atoms with E-state index in [9.17, 15) is 9.59 Å². The standard InChI is InChI=1S/C16H22N2O3/c1-16(2,3)12-6-9-17(10-7-12)15(21)13-5-4-8-18(13)11-14(19)20/h4-6,8H,7,9-11H2,1-3H3,(H,19,20). The van der Waals surface area contributed by atoms with Crippen LogP contribution in [0.15, 0.2) is 30.0 Å². The molecule has 1 N–H and O–H groups in total. The van der Waals surface area contributed by atoms with Crippen LogP contribution in [0.3, 0.4) is 0 Å². The minimum atomic E-state index is -0.950. The van der Waals surface area contributed by atoms with Crippen molar-refractivity contribution in [3.8, 4) is 0 Å². The van der Waals surface area contributed by atoms with Crippen molar-refractivity contribution in [2.24, 2.45) is 5.41 Å². The molecule has 1 aromatic heterocycles. The van der Waals surface area contributed by atoms with Gasteiger partial charge in [0.25, 0.3) is 5.91 Å². The van der Waals surface area contributed by atoms with Crippen molar-refractivity contribution < 1.29 is 14.7 Å². The van der Waals surface area contributed by atoms with Gasteiger partial charge in [0.2, 0.25) is 0 Å². The van der Waals surface area contributed by atoms with E-state index in [1.807, 2.05) is 0 Å². The van der Waals surface area contributed by atoms with Gasteiger partial charge >= 0.3 is 5.97 Å². The highest BCUT2D eigenvalue weighted by molar-refractivity contribution is 5.93. The summed E-state index contributed by atoms with van der Waals surface area (Å²) in [7, 11) is 0. The third kappa shape index (κ3) is 3.54. The molecule has 2 heterocycles. The second-order valence-electron chi connectivity index (χ2n) is 6.40. The molecule has 2 rings (SSSR count). The van der Waals surface area contributed by atoms with Crippen molar-refractivity contribution in [2.45, 2.75) is 33.7 Å². The minimum absolute atomic E-state index is 0.106. The van der Waals surface area contributed by atoms with Crippen LogP contribution in [0.2, 0.25) is 0 Å². The lowest BCUT2D eigenvalue weighted by Gasteiger charge is -2.32. The van der Waals surface area contributed by atoms with E-state index in [0.29, 0.717) is 18.8 Å². The fourth-order valence-electron chi connectivity index (χ4n) is 2.59. The maximum absolute atomic E-state index is 12.5. The van der Waals surface area contributed by atoms with Gasteiger partial charge in [0, 0.05) is 19.3 Å². The van der Waals surface area contributed by atoms with E-state index < -0.39 is 5.97 Å². The van der Waals surface area contributed by atoms with Crippen LogP contribution >= 0.6 is 0 Å². The van der Waals surface area contributed by atoms with Crippen LogP contribution in [0.5, 0.6) is 0 Å². The molecular weight excluding hydrogens is 268 g/mol. The van der Waals surface area contributed by atoms with E-state index in [-0.39, 0.29) is 17.9 Å². The zero-order chi connectivity index (χ0) is 15.6. The Balaban J connectivity index is 2.11. The van der Waals surface area contributed by atoms with Crippen molar-refractivity contribution >= 4 is 11.9 Å². The van der Waals surface area contributed by atoms with Crippen molar-refractivity contribution in [3.63, 3.8) is 0 Å². The molecule has 0 unspecified atom stereocenters. The largest absolute Gasteiger partial charge is 0.480 e. The Morgan fingerprint density at radius 2 is 2.05 bits per heavy atom. The van der Waals surface area contributed by atoms with E-state index in [0.717, 1.165) is 6.42 Å². The number of amides is 1. The molecule has 1 aliphatic rings. The molecule has 0 saturated heterocycles. The molecule has 0 radical (unpaired) electrons. The summed E-state index contributed by atoms with van der Waals surface area (Å²) < 4.78 is 1.48. The first kappa shape index (κ1) is 15.4. The molecule has 1 aliphatic heterocycles. The number of hydrogen-bond donors (Lipinski definition) is 1. The van der Waals surface area contributed by atoms with Crippen LogP contribution < -0.4 is 0 Å². The summed E-state index contributed by atoms with van der Waals surface area (Å²) in [5.41, 5.74) is 1.94. The fourth-order valence-corrected chi connectivity index (χ4v) is 2.59. The summed E-state index contributed by atoms with van der Waals surface area (Å²) in [5.74, 6) is -1.06. The molecule has 1 aromatic rings. The average molecular weight is 290 g/mol. The van der Waals surface area contributed by atoms with Crippen molar-refractivity contribution in [1.29, 1.82) is 0 Å². The molecule has 0 aliphatic carbocycles. The van der Waals surface area contributed by atoms with Gasteiger partial charge in [-0.1, -0.05) is 32.4 Å². The molecule has 0 fully saturated rings. The van der Waals surface area contributed by atoms with E-state index >= 15 is 0 Å². The number of aromatic nitrogens is 1. The zero-order valence-electron chi connectivity index (χ0n) is 12.8. The van der Waals surface area contributed by atoms with Crippen LogP contribution in [-0.2, 0) is 11.3 Å². The molecule has 0 spiro atoms. The first-order chi connectivity index (χ1) is 9.79. The molecule has 114 valence electrons. The van der Waals surface area contributed by atoms with Gasteiger partial charge in [0.1, 0.15) is 12.2 Å². The lowest BCUT2D eigenvalue weighted by atomic mass is 9.83. The van der Waals surface area contributed by atoms with Gasteiger partial charge in [-0.05, 0) is 24.0 Å². The van der Waals surface area contributed by atoms with Gasteiger partial charge in [0.15, 0.2) is 0 Å². The summed E-state index contributed by atoms with van der Waals surface area (Å²) in [6, 6.07) is 3.38. The summed E-state index contributed by atoms with van der Waals surface area (Å²) >= 11 is 0. The second kappa shape index (κ2) is 5.76. The van der Waals surface area contributed by atoms with Gasteiger partial charge in [0.05, 0.1) is 0 Å². The third-order valence-corrected chi connectivity index (χ3v) is 3.81. The molecule has 0 atom stereocenters. The molecular formula is C16H22N2O3. The van der Waals surface area contributed by atoms with Crippen molar-refractivity contribution in [1.82, 2.24) is 9.47 Å². The summed E-state index contributed by atoms with van der Waals surface area (Å²) in [4.78, 5) is 25.1. The van der Waals surface area contributed by atoms with Gasteiger partial charge in [-0.15, -0.1) is 0 Å². The second-order valence-corrected chi connectivity index (χ2v) is 6.40. The molecule has 0 aromatic carbocycles. The maximum Gasteiger partial charge on any atom is 0.323 e. The Hall–Kier alpha value is -2.04. The van der Waals surface area contributed by atoms with Crippen LogP contribution in [0, 0.1) is 5.41 Å². The zero-order valence-corrected chi connectivity index (χ0v) is 12.8. The topological polar surface area (TPSA) is 62.5 Å². The van der Waals surface area contributed by atoms with Crippen LogP contribution in [0.25, 0.3) is 0 Å². The number of carboxylic acids is 1. The van der Waals surface area contributed by atoms with Gasteiger partial charge < -0.3 is 14.6 Å². The normalized spacial score (nSPS) is 15.8. The third-order valence-electron chi connectivity index (χ3n) is 3.81. The predicted molar refractivity (Wildman–Crippen MR) is 80.1 cm³/mol. The monoisotopic (exact) mass is 290 g/mol. The lowest BCUT2D eigenvalue weighted by molar-refractivity contribution is -0.137. The molecule has 5 heteroatoms. The van der Waals surface area contributed by atoms with E-state index in [4.69, 9.17) is 5.11 Å². The van der Waals surface area contributed by atoms with Crippen LogP contribution in [0.4, 0.5) is 0 Å². The Morgan fingerprint density at radius 1 is 1.33 bits per heavy atom. The molecule has 21 heavy (non-hydrogen) atoms. The van der Waals surface area contributed by atoms with Crippen molar-refractivity contribution in [3.05, 3.63) is 35.7 Å². The smallest absolute Gasteiger partial charge is 0.323 e. The van der Waals surface area contributed by atoms with Gasteiger partial charge in [-0.3, -0.25) is 9.59 Å². The number of carbonyl (C=O) groups excluding carboxylic acids is 1. The van der Waals surface area contributed by atoms with E-state index in [1.165, 1.54) is 10.1 Å². The van der Waals surface area contributed by atoms with Crippen molar-refractivity contribution in [2.75, 3.05) is 13.1 Å². The highest BCUT2D eigenvalue weighted by Gasteiger charge is 2.25. The summed E-state index contributed by atoms with van der Waals surface area (Å²) in [6.45, 7) is 7.60. The van der Waals surface area contributed by atoms with E-state index in [2.05, 4.69) is 26.8 Å². The number of carbonyl (C=O) groups is 2. The fraction of sp³-hybridized carbons (Fsp3) is 0.500. The van der Waals surface area contributed by atoms with Gasteiger partial charge in [-0.25, -0.2) is 0 Å². The predicted octanol–water partition coefficient (Wildman–Crippen LogP) is 2.39. The number of rotatable bonds is 3. The summed E-state index contributed by atoms with van der Waals surface area (Å²) in [5, 5.41) is 8.87. The molecule has 1 amide bonds. The average Bonchev–Trinajstić information content (AvgIpc) is 2.84. The Bertz CT molecular complexity index is 579.